The van der Waals surface area contributed by atoms with E-state index in [2.05, 4.69) is 32.6 Å². The minimum Gasteiger partial charge on any atom is -0.369 e. The molecule has 0 aromatic carbocycles. The number of hydrogen-bond acceptors (Lipinski definition) is 2. The van der Waals surface area contributed by atoms with Crippen LogP contribution in [-0.4, -0.2) is 29.9 Å². The fourth-order valence-electron chi connectivity index (χ4n) is 3.17. The van der Waals surface area contributed by atoms with E-state index in [1.807, 2.05) is 0 Å². The molecule has 2 unspecified atom stereocenters. The van der Waals surface area contributed by atoms with Gasteiger partial charge in [-0.15, -0.1) is 0 Å². The monoisotopic (exact) mass is 298 g/mol. The molecule has 0 spiro atoms. The Balaban J connectivity index is 3.92. The van der Waals surface area contributed by atoms with Crippen molar-refractivity contribution in [1.82, 2.24) is 4.90 Å². The largest absolute Gasteiger partial charge is 0.369 e. The molecule has 2 atom stereocenters. The second-order valence-electron chi connectivity index (χ2n) is 6.23. The van der Waals surface area contributed by atoms with Gasteiger partial charge in [-0.2, -0.15) is 0 Å². The molecule has 3 heteroatoms. The van der Waals surface area contributed by atoms with Crippen molar-refractivity contribution in [3.8, 4) is 0 Å². The highest BCUT2D eigenvalue weighted by molar-refractivity contribution is 5.77. The lowest BCUT2D eigenvalue weighted by molar-refractivity contribution is -0.124. The molecule has 2 N–H and O–H groups in total. The predicted octanol–water partition coefficient (Wildman–Crippen LogP) is 4.35. The van der Waals surface area contributed by atoms with Gasteiger partial charge in [-0.3, -0.25) is 4.79 Å². The summed E-state index contributed by atoms with van der Waals surface area (Å²) in [6, 6.07) is 0.266. The number of primary amides is 1. The highest BCUT2D eigenvalue weighted by Crippen LogP contribution is 2.19. The molecule has 0 aromatic rings. The molecule has 0 aliphatic heterocycles. The predicted molar refractivity (Wildman–Crippen MR) is 92.3 cm³/mol. The second-order valence-corrected chi connectivity index (χ2v) is 6.23. The van der Waals surface area contributed by atoms with Gasteiger partial charge in [-0.25, -0.2) is 0 Å². The van der Waals surface area contributed by atoms with Crippen LogP contribution in [0.15, 0.2) is 0 Å². The molecule has 126 valence electrons. The van der Waals surface area contributed by atoms with E-state index in [1.54, 1.807) is 0 Å². The first kappa shape index (κ1) is 20.4. The van der Waals surface area contributed by atoms with Crippen molar-refractivity contribution in [2.75, 3.05) is 13.1 Å². The van der Waals surface area contributed by atoms with Crippen molar-refractivity contribution in [3.05, 3.63) is 0 Å². The molecule has 0 rings (SSSR count). The Hall–Kier alpha value is -0.570. The highest BCUT2D eigenvalue weighted by Gasteiger charge is 2.25. The summed E-state index contributed by atoms with van der Waals surface area (Å²) in [5.41, 5.74) is 5.61. The van der Waals surface area contributed by atoms with Crippen LogP contribution in [0.4, 0.5) is 0 Å². The van der Waals surface area contributed by atoms with Crippen LogP contribution in [0, 0.1) is 5.92 Å². The third kappa shape index (κ3) is 9.13. The fraction of sp³-hybridized carbons (Fsp3) is 0.944. The quantitative estimate of drug-likeness (QED) is 0.485. The average molecular weight is 299 g/mol. The molecule has 0 aliphatic rings. The van der Waals surface area contributed by atoms with Crippen LogP contribution >= 0.6 is 0 Å². The maximum Gasteiger partial charge on any atom is 0.222 e. The number of carbonyl (C=O) groups is 1. The summed E-state index contributed by atoms with van der Waals surface area (Å²) in [5, 5.41) is 0. The molecule has 0 bridgehead atoms. The number of rotatable bonds is 14. The second kappa shape index (κ2) is 13.1. The van der Waals surface area contributed by atoms with E-state index < -0.39 is 0 Å². The molecule has 3 nitrogen and oxygen atoms in total. The molecular formula is C18H38N2O. The van der Waals surface area contributed by atoms with E-state index in [-0.39, 0.29) is 17.9 Å². The summed E-state index contributed by atoms with van der Waals surface area (Å²) < 4.78 is 0. The van der Waals surface area contributed by atoms with Crippen molar-refractivity contribution in [2.45, 2.75) is 91.5 Å². The smallest absolute Gasteiger partial charge is 0.222 e. The van der Waals surface area contributed by atoms with Gasteiger partial charge in [0.25, 0.3) is 0 Å². The van der Waals surface area contributed by atoms with E-state index in [1.165, 1.54) is 44.9 Å². The Morgan fingerprint density at radius 3 is 1.81 bits per heavy atom. The lowest BCUT2D eigenvalue weighted by Crippen LogP contribution is -2.43. The molecule has 0 aliphatic carbocycles. The van der Waals surface area contributed by atoms with Crippen LogP contribution in [0.2, 0.25) is 0 Å². The van der Waals surface area contributed by atoms with Gasteiger partial charge in [0, 0.05) is 6.04 Å². The Kier molecular flexibility index (Phi) is 12.8. The lowest BCUT2D eigenvalue weighted by Gasteiger charge is -2.31. The minimum absolute atomic E-state index is 0.00462. The maximum atomic E-state index is 11.7. The van der Waals surface area contributed by atoms with Gasteiger partial charge in [0.15, 0.2) is 0 Å². The van der Waals surface area contributed by atoms with E-state index >= 15 is 0 Å². The van der Waals surface area contributed by atoms with Crippen LogP contribution < -0.4 is 5.73 Å². The van der Waals surface area contributed by atoms with Gasteiger partial charge >= 0.3 is 0 Å². The number of carbonyl (C=O) groups excluding carboxylic acids is 1. The zero-order valence-corrected chi connectivity index (χ0v) is 14.9. The topological polar surface area (TPSA) is 46.3 Å². The first-order valence-corrected chi connectivity index (χ1v) is 9.11. The van der Waals surface area contributed by atoms with Gasteiger partial charge in [0.1, 0.15) is 0 Å². The summed E-state index contributed by atoms with van der Waals surface area (Å²) in [4.78, 5) is 14.0. The summed E-state index contributed by atoms with van der Waals surface area (Å²) in [5.74, 6) is -0.123. The van der Waals surface area contributed by atoms with Gasteiger partial charge in [-0.05, 0) is 26.4 Å². The van der Waals surface area contributed by atoms with E-state index in [0.717, 1.165) is 25.9 Å². The van der Waals surface area contributed by atoms with Crippen LogP contribution in [0.1, 0.15) is 85.5 Å². The average Bonchev–Trinajstić information content (AvgIpc) is 2.46. The van der Waals surface area contributed by atoms with Crippen molar-refractivity contribution in [2.24, 2.45) is 11.7 Å². The van der Waals surface area contributed by atoms with Crippen LogP contribution in [0.5, 0.6) is 0 Å². The number of nitrogens with two attached hydrogens (primary N) is 1. The van der Waals surface area contributed by atoms with Crippen molar-refractivity contribution in [3.63, 3.8) is 0 Å². The number of nitrogens with zero attached hydrogens (tertiary/aromatic N) is 1. The highest BCUT2D eigenvalue weighted by atomic mass is 16.1. The van der Waals surface area contributed by atoms with Crippen molar-refractivity contribution >= 4 is 5.91 Å². The van der Waals surface area contributed by atoms with Crippen molar-refractivity contribution in [1.29, 1.82) is 0 Å². The number of amides is 1. The van der Waals surface area contributed by atoms with Gasteiger partial charge in [-0.1, -0.05) is 72.1 Å². The fourth-order valence-corrected chi connectivity index (χ4v) is 3.17. The summed E-state index contributed by atoms with van der Waals surface area (Å²) in [6.07, 6.45) is 11.4. The third-order valence-corrected chi connectivity index (χ3v) is 4.70. The zero-order valence-electron chi connectivity index (χ0n) is 14.9. The first-order chi connectivity index (χ1) is 10.1. The molecule has 0 saturated carbocycles. The normalized spacial score (nSPS) is 14.3. The molecule has 0 radical (unpaired) electrons. The standard InChI is InChI=1S/C18H38N2O/c1-5-8-9-10-11-12-13-14-15-17(18(19)21)16(4)20(6-2)7-3/h16-17H,5-15H2,1-4H3,(H2,19,21). The van der Waals surface area contributed by atoms with Crippen LogP contribution in [0.25, 0.3) is 0 Å². The van der Waals surface area contributed by atoms with Gasteiger partial charge < -0.3 is 10.6 Å². The molecule has 21 heavy (non-hydrogen) atoms. The molecule has 0 aromatic heterocycles. The van der Waals surface area contributed by atoms with Crippen molar-refractivity contribution < 1.29 is 4.79 Å². The Morgan fingerprint density at radius 1 is 0.905 bits per heavy atom. The van der Waals surface area contributed by atoms with Crippen LogP contribution in [0.3, 0.4) is 0 Å². The summed E-state index contributed by atoms with van der Waals surface area (Å²) in [7, 11) is 0. The Bertz CT molecular complexity index is 252. The summed E-state index contributed by atoms with van der Waals surface area (Å²) in [6.45, 7) is 10.7. The third-order valence-electron chi connectivity index (χ3n) is 4.70. The Labute approximate surface area is 132 Å². The Morgan fingerprint density at radius 2 is 1.38 bits per heavy atom. The number of hydrogen-bond donors (Lipinski definition) is 1. The van der Waals surface area contributed by atoms with E-state index in [0.29, 0.717) is 0 Å². The SMILES string of the molecule is CCCCCCCCCCC(C(N)=O)C(C)N(CC)CC. The maximum absolute atomic E-state index is 11.7. The first-order valence-electron chi connectivity index (χ1n) is 9.11. The molecule has 1 amide bonds. The molecule has 0 saturated heterocycles. The summed E-state index contributed by atoms with van der Waals surface area (Å²) >= 11 is 0. The number of unbranched alkanes of at least 4 members (excludes halogenated alkanes) is 7. The minimum atomic E-state index is -0.127. The molecule has 0 fully saturated rings. The molecular weight excluding hydrogens is 260 g/mol. The van der Waals surface area contributed by atoms with Gasteiger partial charge in [0.05, 0.1) is 5.92 Å². The zero-order chi connectivity index (χ0) is 16.1. The van der Waals surface area contributed by atoms with E-state index in [9.17, 15) is 4.79 Å². The van der Waals surface area contributed by atoms with Crippen LogP contribution in [-0.2, 0) is 4.79 Å². The molecule has 0 heterocycles. The lowest BCUT2D eigenvalue weighted by atomic mass is 9.92. The van der Waals surface area contributed by atoms with E-state index in [4.69, 9.17) is 5.73 Å². The van der Waals surface area contributed by atoms with Gasteiger partial charge in [0.2, 0.25) is 5.91 Å².